The highest BCUT2D eigenvalue weighted by molar-refractivity contribution is 5.93. The number of aryl methyl sites for hydroxylation is 1. The van der Waals surface area contributed by atoms with Gasteiger partial charge in [-0.05, 0) is 40.2 Å². The van der Waals surface area contributed by atoms with E-state index in [9.17, 15) is 4.79 Å². The van der Waals surface area contributed by atoms with E-state index in [2.05, 4.69) is 29.2 Å². The van der Waals surface area contributed by atoms with E-state index < -0.39 is 0 Å². The first-order valence-corrected chi connectivity index (χ1v) is 8.27. The molecular formula is C16H28N4O2. The van der Waals surface area contributed by atoms with Gasteiger partial charge in [-0.2, -0.15) is 5.10 Å². The maximum Gasteiger partial charge on any atom is 0.254 e. The number of hydrogen-bond acceptors (Lipinski definition) is 4. The van der Waals surface area contributed by atoms with Crippen LogP contribution in [0.2, 0.25) is 0 Å². The first-order chi connectivity index (χ1) is 10.6. The first kappa shape index (κ1) is 17.0. The molecule has 0 spiro atoms. The molecule has 1 aliphatic heterocycles. The van der Waals surface area contributed by atoms with Crippen molar-refractivity contribution in [1.82, 2.24) is 20.0 Å². The van der Waals surface area contributed by atoms with E-state index in [0.717, 1.165) is 39.0 Å². The van der Waals surface area contributed by atoms with E-state index in [1.54, 1.807) is 17.1 Å². The lowest BCUT2D eigenvalue weighted by molar-refractivity contribution is -0.0681. The SMILES string of the molecule is CCn1cc(C(=O)NCCCCN2CC(C)OC(C)C2)cn1. The molecule has 124 valence electrons. The topological polar surface area (TPSA) is 59.4 Å². The summed E-state index contributed by atoms with van der Waals surface area (Å²) in [7, 11) is 0. The Morgan fingerprint density at radius 1 is 1.36 bits per heavy atom. The number of nitrogens with zero attached hydrogens (tertiary/aromatic N) is 3. The van der Waals surface area contributed by atoms with E-state index in [-0.39, 0.29) is 5.91 Å². The highest BCUT2D eigenvalue weighted by atomic mass is 16.5. The number of aromatic nitrogens is 2. The molecule has 1 amide bonds. The lowest BCUT2D eigenvalue weighted by Gasteiger charge is -2.35. The van der Waals surface area contributed by atoms with Gasteiger partial charge in [0.15, 0.2) is 0 Å². The molecule has 2 heterocycles. The van der Waals surface area contributed by atoms with Crippen molar-refractivity contribution in [3.05, 3.63) is 18.0 Å². The van der Waals surface area contributed by atoms with Crippen LogP contribution in [0.15, 0.2) is 12.4 Å². The van der Waals surface area contributed by atoms with Crippen LogP contribution in [0.4, 0.5) is 0 Å². The first-order valence-electron chi connectivity index (χ1n) is 8.27. The number of morpholine rings is 1. The highest BCUT2D eigenvalue weighted by Gasteiger charge is 2.21. The van der Waals surface area contributed by atoms with Crippen LogP contribution in [-0.2, 0) is 11.3 Å². The second kappa shape index (κ2) is 8.29. The summed E-state index contributed by atoms with van der Waals surface area (Å²) >= 11 is 0. The summed E-state index contributed by atoms with van der Waals surface area (Å²) in [4.78, 5) is 14.4. The minimum atomic E-state index is -0.0340. The standard InChI is InChI=1S/C16H28N4O2/c1-4-20-12-15(9-18-20)16(21)17-7-5-6-8-19-10-13(2)22-14(3)11-19/h9,12-14H,4-8,10-11H2,1-3H3,(H,17,21). The molecular weight excluding hydrogens is 280 g/mol. The van der Waals surface area contributed by atoms with E-state index in [1.165, 1.54) is 0 Å². The molecule has 0 bridgehead atoms. The Labute approximate surface area is 132 Å². The molecule has 0 saturated carbocycles. The van der Waals surface area contributed by atoms with Crippen LogP contribution in [0.5, 0.6) is 0 Å². The van der Waals surface area contributed by atoms with Crippen molar-refractivity contribution in [2.75, 3.05) is 26.2 Å². The van der Waals surface area contributed by atoms with Gasteiger partial charge >= 0.3 is 0 Å². The van der Waals surface area contributed by atoms with Crippen molar-refractivity contribution >= 4 is 5.91 Å². The maximum absolute atomic E-state index is 11.9. The number of amides is 1. The maximum atomic E-state index is 11.9. The average molecular weight is 308 g/mol. The van der Waals surface area contributed by atoms with Crippen LogP contribution in [0, 0.1) is 0 Å². The van der Waals surface area contributed by atoms with Gasteiger partial charge in [-0.15, -0.1) is 0 Å². The number of carbonyl (C=O) groups is 1. The largest absolute Gasteiger partial charge is 0.373 e. The Morgan fingerprint density at radius 2 is 2.09 bits per heavy atom. The minimum absolute atomic E-state index is 0.0340. The quantitative estimate of drug-likeness (QED) is 0.776. The van der Waals surface area contributed by atoms with E-state index >= 15 is 0 Å². The van der Waals surface area contributed by atoms with Crippen LogP contribution in [0.3, 0.4) is 0 Å². The number of nitrogens with one attached hydrogen (secondary N) is 1. The zero-order chi connectivity index (χ0) is 15.9. The predicted octanol–water partition coefficient (Wildman–Crippen LogP) is 1.52. The van der Waals surface area contributed by atoms with Crippen LogP contribution in [0.1, 0.15) is 44.0 Å². The zero-order valence-corrected chi connectivity index (χ0v) is 13.9. The molecule has 6 heteroatoms. The summed E-state index contributed by atoms with van der Waals surface area (Å²) in [6.07, 6.45) is 6.13. The van der Waals surface area contributed by atoms with Crippen molar-refractivity contribution in [1.29, 1.82) is 0 Å². The number of rotatable bonds is 7. The van der Waals surface area contributed by atoms with Crippen LogP contribution >= 0.6 is 0 Å². The molecule has 1 N–H and O–H groups in total. The van der Waals surface area contributed by atoms with Gasteiger partial charge in [0, 0.05) is 32.4 Å². The second-order valence-electron chi connectivity index (χ2n) is 6.06. The fraction of sp³-hybridized carbons (Fsp3) is 0.750. The predicted molar refractivity (Wildman–Crippen MR) is 85.9 cm³/mol. The Bertz CT molecular complexity index is 464. The fourth-order valence-corrected chi connectivity index (χ4v) is 2.89. The van der Waals surface area contributed by atoms with Crippen molar-refractivity contribution in [3.8, 4) is 0 Å². The molecule has 1 saturated heterocycles. The van der Waals surface area contributed by atoms with E-state index in [4.69, 9.17) is 4.74 Å². The summed E-state index contributed by atoms with van der Waals surface area (Å²) in [5, 5.41) is 7.07. The third kappa shape index (κ3) is 5.10. The second-order valence-corrected chi connectivity index (χ2v) is 6.06. The van der Waals surface area contributed by atoms with Gasteiger partial charge in [0.05, 0.1) is 24.0 Å². The molecule has 0 aliphatic carbocycles. The fourth-order valence-electron chi connectivity index (χ4n) is 2.89. The van der Waals surface area contributed by atoms with Crippen molar-refractivity contribution in [3.63, 3.8) is 0 Å². The third-order valence-corrected chi connectivity index (χ3v) is 3.90. The summed E-state index contributed by atoms with van der Waals surface area (Å²) in [6, 6.07) is 0. The molecule has 6 nitrogen and oxygen atoms in total. The highest BCUT2D eigenvalue weighted by Crippen LogP contribution is 2.11. The van der Waals surface area contributed by atoms with E-state index in [1.807, 2.05) is 6.92 Å². The molecule has 1 fully saturated rings. The van der Waals surface area contributed by atoms with Gasteiger partial charge in [-0.1, -0.05) is 0 Å². The lowest BCUT2D eigenvalue weighted by Crippen LogP contribution is -2.45. The molecule has 1 aromatic heterocycles. The van der Waals surface area contributed by atoms with Gasteiger partial charge in [0.1, 0.15) is 0 Å². The molecule has 2 unspecified atom stereocenters. The van der Waals surface area contributed by atoms with Crippen molar-refractivity contribution in [2.45, 2.75) is 52.4 Å². The molecule has 2 rings (SSSR count). The molecule has 1 aliphatic rings. The molecule has 22 heavy (non-hydrogen) atoms. The Balaban J connectivity index is 1.60. The Morgan fingerprint density at radius 3 is 2.73 bits per heavy atom. The van der Waals surface area contributed by atoms with Crippen LogP contribution < -0.4 is 5.32 Å². The zero-order valence-electron chi connectivity index (χ0n) is 13.9. The Kier molecular flexibility index (Phi) is 6.39. The minimum Gasteiger partial charge on any atom is -0.373 e. The normalized spacial score (nSPS) is 22.7. The summed E-state index contributed by atoms with van der Waals surface area (Å²) in [6.45, 7) is 10.8. The molecule has 0 radical (unpaired) electrons. The lowest BCUT2D eigenvalue weighted by atomic mass is 10.2. The molecule has 2 atom stereocenters. The average Bonchev–Trinajstić information content (AvgIpc) is 2.94. The molecule has 0 aromatic carbocycles. The monoisotopic (exact) mass is 308 g/mol. The number of hydrogen-bond donors (Lipinski definition) is 1. The van der Waals surface area contributed by atoms with E-state index in [0.29, 0.717) is 24.3 Å². The Hall–Kier alpha value is -1.40. The van der Waals surface area contributed by atoms with Gasteiger partial charge < -0.3 is 10.1 Å². The van der Waals surface area contributed by atoms with Gasteiger partial charge in [-0.3, -0.25) is 14.4 Å². The number of ether oxygens (including phenoxy) is 1. The number of carbonyl (C=O) groups excluding carboxylic acids is 1. The molecule has 1 aromatic rings. The van der Waals surface area contributed by atoms with Crippen LogP contribution in [-0.4, -0.2) is 59.0 Å². The summed E-state index contributed by atoms with van der Waals surface area (Å²) in [5.74, 6) is -0.0340. The van der Waals surface area contributed by atoms with Gasteiger partial charge in [0.2, 0.25) is 0 Å². The number of unbranched alkanes of at least 4 members (excludes halogenated alkanes) is 1. The third-order valence-electron chi connectivity index (χ3n) is 3.90. The summed E-state index contributed by atoms with van der Waals surface area (Å²) in [5.41, 5.74) is 0.637. The van der Waals surface area contributed by atoms with Gasteiger partial charge in [0.25, 0.3) is 5.91 Å². The summed E-state index contributed by atoms with van der Waals surface area (Å²) < 4.78 is 7.49. The van der Waals surface area contributed by atoms with Crippen LogP contribution in [0.25, 0.3) is 0 Å². The van der Waals surface area contributed by atoms with Crippen molar-refractivity contribution < 1.29 is 9.53 Å². The van der Waals surface area contributed by atoms with Crippen molar-refractivity contribution in [2.24, 2.45) is 0 Å². The smallest absolute Gasteiger partial charge is 0.254 e. The van der Waals surface area contributed by atoms with Gasteiger partial charge in [-0.25, -0.2) is 0 Å².